The Morgan fingerprint density at radius 2 is 1.40 bits per heavy atom. The largest absolute Gasteiger partial charge is 0.309 e. The van der Waals surface area contributed by atoms with Crippen molar-refractivity contribution in [3.8, 4) is 5.69 Å². The molecule has 0 saturated heterocycles. The summed E-state index contributed by atoms with van der Waals surface area (Å²) in [6, 6.07) is 51.8. The molecule has 0 N–H and O–H groups in total. The van der Waals surface area contributed by atoms with Gasteiger partial charge in [0, 0.05) is 48.5 Å². The van der Waals surface area contributed by atoms with Gasteiger partial charge in [-0.25, -0.2) is 9.37 Å². The second kappa shape index (κ2) is 11.4. The zero-order valence-electron chi connectivity index (χ0n) is 26.8. The number of hydrogen-bond acceptors (Lipinski definition) is 3. The molecular formula is C45H28FN3S. The Morgan fingerprint density at radius 3 is 2.28 bits per heavy atom. The van der Waals surface area contributed by atoms with Gasteiger partial charge in [-0.05, 0) is 101 Å². The van der Waals surface area contributed by atoms with E-state index in [1.807, 2.05) is 35.2 Å². The summed E-state index contributed by atoms with van der Waals surface area (Å²) in [6.07, 6.45) is 6.16. The third-order valence-corrected chi connectivity index (χ3v) is 10.7. The summed E-state index contributed by atoms with van der Waals surface area (Å²) < 4.78 is 19.9. The fraction of sp³-hybridized carbons (Fsp3) is 0. The lowest BCUT2D eigenvalue weighted by molar-refractivity contribution is 0.628. The maximum atomic E-state index is 15.1. The van der Waals surface area contributed by atoms with E-state index in [4.69, 9.17) is 0 Å². The van der Waals surface area contributed by atoms with Crippen molar-refractivity contribution >= 4 is 93.4 Å². The van der Waals surface area contributed by atoms with Crippen LogP contribution in [0.4, 0.5) is 21.6 Å². The minimum atomic E-state index is -0.296. The zero-order chi connectivity index (χ0) is 33.2. The molecule has 3 aromatic heterocycles. The molecule has 3 heterocycles. The van der Waals surface area contributed by atoms with Gasteiger partial charge >= 0.3 is 0 Å². The summed E-state index contributed by atoms with van der Waals surface area (Å²) in [5, 5.41) is 7.44. The van der Waals surface area contributed by atoms with Gasteiger partial charge in [-0.15, -0.1) is 11.3 Å². The molecule has 50 heavy (non-hydrogen) atoms. The summed E-state index contributed by atoms with van der Waals surface area (Å²) in [6.45, 7) is 0. The van der Waals surface area contributed by atoms with Gasteiger partial charge in [0.1, 0.15) is 11.6 Å². The monoisotopic (exact) mass is 661 g/mol. The lowest BCUT2D eigenvalue weighted by Crippen LogP contribution is -2.12. The average molecular weight is 662 g/mol. The van der Waals surface area contributed by atoms with E-state index in [2.05, 4.69) is 125 Å². The molecule has 5 heteroatoms. The number of aromatic nitrogens is 2. The Bertz CT molecular complexity index is 2890. The molecule has 236 valence electrons. The zero-order valence-corrected chi connectivity index (χ0v) is 27.6. The van der Waals surface area contributed by atoms with E-state index in [1.165, 1.54) is 53.4 Å². The van der Waals surface area contributed by atoms with Crippen LogP contribution < -0.4 is 4.90 Å². The lowest BCUT2D eigenvalue weighted by Gasteiger charge is -2.24. The van der Waals surface area contributed by atoms with Gasteiger partial charge in [0.05, 0.1) is 16.7 Å². The highest BCUT2D eigenvalue weighted by molar-refractivity contribution is 7.25. The Kier molecular flexibility index (Phi) is 6.54. The van der Waals surface area contributed by atoms with Gasteiger partial charge in [-0.3, -0.25) is 4.90 Å². The Morgan fingerprint density at radius 1 is 0.580 bits per heavy atom. The SMILES string of the molecule is Fc1ccccc1N(c1ccc2sc3cc(C=Cc4cc5ccc6cccc7c6c5c(c4)n7-c4ccccc4)ccc3c2c1)c1ccccn1. The molecule has 0 aliphatic carbocycles. The number of nitrogens with zero attached hydrogens (tertiary/aromatic N) is 3. The van der Waals surface area contributed by atoms with Gasteiger partial charge in [0.25, 0.3) is 0 Å². The first-order chi connectivity index (χ1) is 24.7. The molecular weight excluding hydrogens is 634 g/mol. The number of anilines is 3. The van der Waals surface area contributed by atoms with E-state index in [9.17, 15) is 0 Å². The molecule has 0 aliphatic heterocycles. The van der Waals surface area contributed by atoms with Crippen LogP contribution in [0.1, 0.15) is 11.1 Å². The van der Waals surface area contributed by atoms with Crippen LogP contribution in [-0.2, 0) is 0 Å². The van der Waals surface area contributed by atoms with Crippen LogP contribution >= 0.6 is 11.3 Å². The minimum absolute atomic E-state index is 0.296. The van der Waals surface area contributed by atoms with Crippen molar-refractivity contribution in [2.45, 2.75) is 0 Å². The second-order valence-electron chi connectivity index (χ2n) is 12.6. The maximum absolute atomic E-state index is 15.1. The normalized spacial score (nSPS) is 12.0. The van der Waals surface area contributed by atoms with E-state index in [1.54, 1.807) is 29.7 Å². The van der Waals surface area contributed by atoms with Crippen LogP contribution in [0.15, 0.2) is 158 Å². The Labute approximate surface area is 291 Å². The number of para-hydroxylation sites is 2. The number of rotatable bonds is 6. The summed E-state index contributed by atoms with van der Waals surface area (Å²) >= 11 is 1.77. The van der Waals surface area contributed by atoms with E-state index < -0.39 is 0 Å². The van der Waals surface area contributed by atoms with Gasteiger partial charge in [-0.1, -0.05) is 84.9 Å². The maximum Gasteiger partial charge on any atom is 0.147 e. The van der Waals surface area contributed by atoms with Crippen LogP contribution in [0.25, 0.3) is 70.6 Å². The highest BCUT2D eigenvalue weighted by atomic mass is 32.1. The molecule has 3 nitrogen and oxygen atoms in total. The van der Waals surface area contributed by atoms with Crippen LogP contribution in [0.2, 0.25) is 0 Å². The molecule has 0 saturated carbocycles. The van der Waals surface area contributed by atoms with Crippen molar-refractivity contribution in [3.63, 3.8) is 0 Å². The quantitative estimate of drug-likeness (QED) is 0.131. The average Bonchev–Trinajstić information content (AvgIpc) is 3.70. The third kappa shape index (κ3) is 4.59. The van der Waals surface area contributed by atoms with Crippen LogP contribution in [0, 0.1) is 5.82 Å². The first-order valence-electron chi connectivity index (χ1n) is 16.6. The van der Waals surface area contributed by atoms with Gasteiger partial charge in [0.2, 0.25) is 0 Å². The third-order valence-electron chi connectivity index (χ3n) is 9.61. The molecule has 0 unspecified atom stereocenters. The first kappa shape index (κ1) is 28.7. The highest BCUT2D eigenvalue weighted by Gasteiger charge is 2.19. The minimum Gasteiger partial charge on any atom is -0.309 e. The van der Waals surface area contributed by atoms with Crippen molar-refractivity contribution < 1.29 is 4.39 Å². The fourth-order valence-electron chi connectivity index (χ4n) is 7.40. The lowest BCUT2D eigenvalue weighted by atomic mass is 10.00. The topological polar surface area (TPSA) is 21.1 Å². The fourth-order valence-corrected chi connectivity index (χ4v) is 8.53. The Balaban J connectivity index is 1.05. The van der Waals surface area contributed by atoms with E-state index in [0.29, 0.717) is 11.5 Å². The van der Waals surface area contributed by atoms with Crippen LogP contribution in [0.5, 0.6) is 0 Å². The van der Waals surface area contributed by atoms with Crippen molar-refractivity contribution in [1.29, 1.82) is 0 Å². The smallest absolute Gasteiger partial charge is 0.147 e. The predicted octanol–water partition coefficient (Wildman–Crippen LogP) is 12.9. The van der Waals surface area contributed by atoms with Crippen molar-refractivity contribution in [3.05, 3.63) is 175 Å². The molecule has 0 aliphatic rings. The predicted molar refractivity (Wildman–Crippen MR) is 210 cm³/mol. The molecule has 0 bridgehead atoms. The second-order valence-corrected chi connectivity index (χ2v) is 13.7. The molecule has 0 spiro atoms. The molecule has 10 aromatic rings. The number of benzene rings is 7. The molecule has 7 aromatic carbocycles. The number of halogens is 1. The van der Waals surface area contributed by atoms with Gasteiger partial charge in [0.15, 0.2) is 0 Å². The summed E-state index contributed by atoms with van der Waals surface area (Å²) in [4.78, 5) is 6.45. The summed E-state index contributed by atoms with van der Waals surface area (Å²) in [5.74, 6) is 0.368. The van der Waals surface area contributed by atoms with E-state index in [-0.39, 0.29) is 5.82 Å². The highest BCUT2D eigenvalue weighted by Crippen LogP contribution is 2.42. The van der Waals surface area contributed by atoms with E-state index >= 15 is 4.39 Å². The van der Waals surface area contributed by atoms with Gasteiger partial charge in [-0.2, -0.15) is 0 Å². The van der Waals surface area contributed by atoms with Crippen molar-refractivity contribution in [2.75, 3.05) is 4.90 Å². The van der Waals surface area contributed by atoms with Crippen LogP contribution in [0.3, 0.4) is 0 Å². The van der Waals surface area contributed by atoms with Crippen LogP contribution in [-0.4, -0.2) is 9.55 Å². The number of fused-ring (bicyclic) bond motifs is 3. The Hall–Kier alpha value is -6.30. The number of hydrogen-bond donors (Lipinski definition) is 0. The summed E-state index contributed by atoms with van der Waals surface area (Å²) in [7, 11) is 0. The first-order valence-corrected chi connectivity index (χ1v) is 17.5. The molecule has 0 atom stereocenters. The molecule has 0 radical (unpaired) electrons. The van der Waals surface area contributed by atoms with Gasteiger partial charge < -0.3 is 4.57 Å². The number of thiophene rings is 1. The van der Waals surface area contributed by atoms with Crippen molar-refractivity contribution in [2.24, 2.45) is 0 Å². The molecule has 0 amide bonds. The molecule has 0 fully saturated rings. The van der Waals surface area contributed by atoms with Crippen molar-refractivity contribution in [1.82, 2.24) is 9.55 Å². The molecule has 10 rings (SSSR count). The number of pyridine rings is 1. The summed E-state index contributed by atoms with van der Waals surface area (Å²) in [5.41, 5.74) is 7.22. The standard InChI is InChI=1S/C45H28FN3S/c46-37-12-4-5-13-38(37)49(43-15-6-7-24-47-43)34-21-23-41-36(28-34)35-22-18-29(27-42(35)50-41)16-17-30-25-32-20-19-31-9-8-14-39-44(31)45(32)40(26-30)48(39)33-10-2-1-3-11-33/h1-28H. The van der Waals surface area contributed by atoms with E-state index in [0.717, 1.165) is 27.9 Å².